The number of nitrogens with one attached hydrogen (secondary N) is 2. The second-order valence-corrected chi connectivity index (χ2v) is 3.64. The van der Waals surface area contributed by atoms with E-state index in [-0.39, 0.29) is 11.9 Å². The first-order chi connectivity index (χ1) is 7.71. The van der Waals surface area contributed by atoms with Crippen LogP contribution < -0.4 is 10.6 Å². The van der Waals surface area contributed by atoms with Crippen molar-refractivity contribution in [2.45, 2.75) is 39.3 Å². The summed E-state index contributed by atoms with van der Waals surface area (Å²) in [7, 11) is 1.80. The molecule has 0 spiro atoms. The van der Waals surface area contributed by atoms with Gasteiger partial charge in [0.1, 0.15) is 6.26 Å². The Morgan fingerprint density at radius 1 is 1.50 bits per heavy atom. The molecule has 0 saturated heterocycles. The van der Waals surface area contributed by atoms with Gasteiger partial charge in [-0.25, -0.2) is 4.98 Å². The molecule has 90 valence electrons. The van der Waals surface area contributed by atoms with Crippen LogP contribution in [0.5, 0.6) is 0 Å². The number of nitrogens with zero attached hydrogens (tertiary/aromatic N) is 1. The molecule has 0 bridgehead atoms. The largest absolute Gasteiger partial charge is 0.447 e. The maximum atomic E-state index is 11.7. The molecule has 0 aliphatic heterocycles. The summed E-state index contributed by atoms with van der Waals surface area (Å²) in [5.41, 5.74) is 0.345. The van der Waals surface area contributed by atoms with E-state index in [2.05, 4.69) is 15.6 Å². The topological polar surface area (TPSA) is 67.2 Å². The van der Waals surface area contributed by atoms with Crippen molar-refractivity contribution in [2.24, 2.45) is 0 Å². The van der Waals surface area contributed by atoms with E-state index in [0.717, 1.165) is 12.8 Å². The summed E-state index contributed by atoms with van der Waals surface area (Å²) in [5.74, 6) is 0.358. The quantitative estimate of drug-likeness (QED) is 0.766. The van der Waals surface area contributed by atoms with E-state index >= 15 is 0 Å². The predicted octanol–water partition coefficient (Wildman–Crippen LogP) is 1.31. The van der Waals surface area contributed by atoms with Crippen molar-refractivity contribution in [3.05, 3.63) is 17.8 Å². The van der Waals surface area contributed by atoms with Crippen LogP contribution in [0, 0.1) is 0 Å². The van der Waals surface area contributed by atoms with E-state index in [9.17, 15) is 4.79 Å². The van der Waals surface area contributed by atoms with Crippen LogP contribution in [-0.4, -0.2) is 24.0 Å². The molecule has 1 rings (SSSR count). The third kappa shape index (κ3) is 3.34. The van der Waals surface area contributed by atoms with Gasteiger partial charge in [-0.05, 0) is 19.9 Å². The van der Waals surface area contributed by atoms with Crippen LogP contribution in [0.1, 0.15) is 43.1 Å². The lowest BCUT2D eigenvalue weighted by Crippen LogP contribution is -2.34. The molecule has 5 heteroatoms. The van der Waals surface area contributed by atoms with Crippen molar-refractivity contribution in [1.82, 2.24) is 15.6 Å². The first-order valence-electron chi connectivity index (χ1n) is 5.61. The first-order valence-corrected chi connectivity index (χ1v) is 5.61. The fourth-order valence-corrected chi connectivity index (χ4v) is 1.40. The molecule has 0 aliphatic rings. The number of carbonyl (C=O) groups excluding carboxylic acids is 1. The summed E-state index contributed by atoms with van der Waals surface area (Å²) in [4.78, 5) is 15.8. The first kappa shape index (κ1) is 12.7. The molecule has 0 atom stereocenters. The average Bonchev–Trinajstić information content (AvgIpc) is 2.74. The van der Waals surface area contributed by atoms with Crippen LogP contribution in [0.15, 0.2) is 10.7 Å². The van der Waals surface area contributed by atoms with Gasteiger partial charge in [-0.3, -0.25) is 4.79 Å². The van der Waals surface area contributed by atoms with E-state index in [0.29, 0.717) is 18.1 Å². The standard InChI is InChI=1S/C11H19N3O2/c1-4-8(5-2)13-11(15)9-7-16-10(14-9)6-12-3/h7-8,12H,4-6H2,1-3H3,(H,13,15). The van der Waals surface area contributed by atoms with E-state index in [4.69, 9.17) is 4.42 Å². The summed E-state index contributed by atoms with van der Waals surface area (Å²) in [6.45, 7) is 4.62. The molecule has 5 nitrogen and oxygen atoms in total. The van der Waals surface area contributed by atoms with Gasteiger partial charge in [0.2, 0.25) is 5.89 Å². The Kier molecular flexibility index (Phi) is 4.98. The number of oxazole rings is 1. The Morgan fingerprint density at radius 3 is 2.75 bits per heavy atom. The maximum Gasteiger partial charge on any atom is 0.273 e. The van der Waals surface area contributed by atoms with Crippen LogP contribution in [0.4, 0.5) is 0 Å². The minimum Gasteiger partial charge on any atom is -0.447 e. The Bertz CT molecular complexity index is 332. The van der Waals surface area contributed by atoms with Crippen LogP contribution in [0.2, 0.25) is 0 Å². The maximum absolute atomic E-state index is 11.7. The lowest BCUT2D eigenvalue weighted by atomic mass is 10.2. The van der Waals surface area contributed by atoms with Crippen LogP contribution in [0.3, 0.4) is 0 Å². The number of rotatable bonds is 6. The van der Waals surface area contributed by atoms with Gasteiger partial charge in [0.15, 0.2) is 5.69 Å². The van der Waals surface area contributed by atoms with Gasteiger partial charge in [-0.2, -0.15) is 0 Å². The highest BCUT2D eigenvalue weighted by molar-refractivity contribution is 5.92. The summed E-state index contributed by atoms with van der Waals surface area (Å²) < 4.78 is 5.14. The highest BCUT2D eigenvalue weighted by Gasteiger charge is 2.14. The monoisotopic (exact) mass is 225 g/mol. The number of aromatic nitrogens is 1. The molecule has 0 aromatic carbocycles. The third-order valence-electron chi connectivity index (χ3n) is 2.43. The van der Waals surface area contributed by atoms with Crippen molar-refractivity contribution >= 4 is 5.91 Å². The van der Waals surface area contributed by atoms with Gasteiger partial charge in [0.05, 0.1) is 6.54 Å². The van der Waals surface area contributed by atoms with Crippen LogP contribution in [0.25, 0.3) is 0 Å². The molecule has 0 aliphatic carbocycles. The normalized spacial score (nSPS) is 10.8. The van der Waals surface area contributed by atoms with Gasteiger partial charge in [-0.1, -0.05) is 13.8 Å². The summed E-state index contributed by atoms with van der Waals surface area (Å²) in [5, 5.41) is 5.82. The molecule has 0 fully saturated rings. The molecule has 0 unspecified atom stereocenters. The van der Waals surface area contributed by atoms with Crippen molar-refractivity contribution in [1.29, 1.82) is 0 Å². The third-order valence-corrected chi connectivity index (χ3v) is 2.43. The molecule has 2 N–H and O–H groups in total. The van der Waals surface area contributed by atoms with E-state index in [1.54, 1.807) is 7.05 Å². The Morgan fingerprint density at radius 2 is 2.19 bits per heavy atom. The minimum absolute atomic E-state index is 0.167. The lowest BCUT2D eigenvalue weighted by Gasteiger charge is -2.12. The van der Waals surface area contributed by atoms with Gasteiger partial charge in [0.25, 0.3) is 5.91 Å². The fourth-order valence-electron chi connectivity index (χ4n) is 1.40. The fraction of sp³-hybridized carbons (Fsp3) is 0.636. The summed E-state index contributed by atoms with van der Waals surface area (Å²) in [6.07, 6.45) is 3.23. The molecular weight excluding hydrogens is 206 g/mol. The molecule has 16 heavy (non-hydrogen) atoms. The molecular formula is C11H19N3O2. The molecule has 0 saturated carbocycles. The predicted molar refractivity (Wildman–Crippen MR) is 61.1 cm³/mol. The van der Waals surface area contributed by atoms with Gasteiger partial charge < -0.3 is 15.1 Å². The second-order valence-electron chi connectivity index (χ2n) is 3.64. The molecule has 1 amide bonds. The smallest absolute Gasteiger partial charge is 0.273 e. The van der Waals surface area contributed by atoms with E-state index < -0.39 is 0 Å². The molecule has 1 aromatic heterocycles. The Balaban J connectivity index is 2.58. The zero-order valence-corrected chi connectivity index (χ0v) is 10.0. The van der Waals surface area contributed by atoms with Crippen molar-refractivity contribution in [3.8, 4) is 0 Å². The number of carbonyl (C=O) groups is 1. The summed E-state index contributed by atoms with van der Waals surface area (Å²) >= 11 is 0. The SMILES string of the molecule is CCC(CC)NC(=O)c1coc(CNC)n1. The number of amides is 1. The number of hydrogen-bond donors (Lipinski definition) is 2. The van der Waals surface area contributed by atoms with Crippen molar-refractivity contribution in [3.63, 3.8) is 0 Å². The highest BCUT2D eigenvalue weighted by Crippen LogP contribution is 2.04. The van der Waals surface area contributed by atoms with Crippen LogP contribution in [-0.2, 0) is 6.54 Å². The molecule has 1 heterocycles. The van der Waals surface area contributed by atoms with Gasteiger partial charge in [-0.15, -0.1) is 0 Å². The molecule has 0 radical (unpaired) electrons. The Labute approximate surface area is 95.6 Å². The number of hydrogen-bond acceptors (Lipinski definition) is 4. The van der Waals surface area contributed by atoms with Gasteiger partial charge >= 0.3 is 0 Å². The summed E-state index contributed by atoms with van der Waals surface area (Å²) in [6, 6.07) is 0.206. The highest BCUT2D eigenvalue weighted by atomic mass is 16.3. The molecule has 1 aromatic rings. The second kappa shape index (κ2) is 6.27. The zero-order valence-electron chi connectivity index (χ0n) is 10.0. The van der Waals surface area contributed by atoms with Crippen molar-refractivity contribution in [2.75, 3.05) is 7.05 Å². The van der Waals surface area contributed by atoms with Gasteiger partial charge in [0, 0.05) is 6.04 Å². The average molecular weight is 225 g/mol. The van der Waals surface area contributed by atoms with Crippen LogP contribution >= 0.6 is 0 Å². The van der Waals surface area contributed by atoms with E-state index in [1.165, 1.54) is 6.26 Å². The minimum atomic E-state index is -0.167. The Hall–Kier alpha value is -1.36. The van der Waals surface area contributed by atoms with Crippen molar-refractivity contribution < 1.29 is 9.21 Å². The zero-order chi connectivity index (χ0) is 12.0. The lowest BCUT2D eigenvalue weighted by molar-refractivity contribution is 0.0929. The van der Waals surface area contributed by atoms with E-state index in [1.807, 2.05) is 13.8 Å².